The molecule has 0 unspecified atom stereocenters. The Balaban J connectivity index is 1.60. The van der Waals surface area contributed by atoms with Gasteiger partial charge in [0.25, 0.3) is 5.91 Å². The van der Waals surface area contributed by atoms with Crippen LogP contribution in [0.2, 0.25) is 5.02 Å². The highest BCUT2D eigenvalue weighted by atomic mass is 35.5. The Morgan fingerprint density at radius 3 is 2.95 bits per heavy atom. The summed E-state index contributed by atoms with van der Waals surface area (Å²) < 4.78 is 18.8. The smallest absolute Gasteiger partial charge is 0.252 e. The molecule has 1 N–H and O–H groups in total. The van der Waals surface area contributed by atoms with Gasteiger partial charge in [0.2, 0.25) is 0 Å². The first-order valence-electron chi connectivity index (χ1n) is 6.61. The van der Waals surface area contributed by atoms with Crippen molar-refractivity contribution in [1.29, 1.82) is 0 Å². The van der Waals surface area contributed by atoms with Crippen LogP contribution in [-0.2, 0) is 6.42 Å². The van der Waals surface area contributed by atoms with Gasteiger partial charge in [-0.3, -0.25) is 4.79 Å². The number of amides is 1. The van der Waals surface area contributed by atoms with Crippen LogP contribution in [0.5, 0.6) is 5.75 Å². The predicted octanol–water partition coefficient (Wildman–Crippen LogP) is 3.21. The number of carbonyl (C=O) groups excluding carboxylic acids is 1. The molecule has 2 aromatic carbocycles. The highest BCUT2D eigenvalue weighted by molar-refractivity contribution is 6.33. The first kappa shape index (κ1) is 13.9. The van der Waals surface area contributed by atoms with Gasteiger partial charge < -0.3 is 10.1 Å². The van der Waals surface area contributed by atoms with Gasteiger partial charge >= 0.3 is 0 Å². The Labute approximate surface area is 126 Å². The van der Waals surface area contributed by atoms with Crippen molar-refractivity contribution in [1.82, 2.24) is 5.32 Å². The topological polar surface area (TPSA) is 38.3 Å². The van der Waals surface area contributed by atoms with Gasteiger partial charge in [0, 0.05) is 12.0 Å². The van der Waals surface area contributed by atoms with Crippen molar-refractivity contribution in [3.63, 3.8) is 0 Å². The van der Waals surface area contributed by atoms with Crippen molar-refractivity contribution in [2.24, 2.45) is 0 Å². The molecule has 3 nitrogen and oxygen atoms in total. The summed E-state index contributed by atoms with van der Waals surface area (Å²) in [7, 11) is 0. The third kappa shape index (κ3) is 3.00. The number of fused-ring (bicyclic) bond motifs is 1. The van der Waals surface area contributed by atoms with E-state index in [1.165, 1.54) is 12.1 Å². The summed E-state index contributed by atoms with van der Waals surface area (Å²) >= 11 is 5.97. The highest BCUT2D eigenvalue weighted by Gasteiger charge is 2.24. The van der Waals surface area contributed by atoms with Crippen LogP contribution < -0.4 is 10.1 Å². The van der Waals surface area contributed by atoms with E-state index in [1.54, 1.807) is 30.3 Å². The molecule has 108 valence electrons. The van der Waals surface area contributed by atoms with E-state index in [-0.39, 0.29) is 17.8 Å². The average Bonchev–Trinajstić information content (AvgIpc) is 2.87. The van der Waals surface area contributed by atoms with Crippen LogP contribution >= 0.6 is 11.6 Å². The van der Waals surface area contributed by atoms with E-state index >= 15 is 0 Å². The molecule has 0 saturated heterocycles. The Morgan fingerprint density at radius 1 is 1.33 bits per heavy atom. The van der Waals surface area contributed by atoms with Gasteiger partial charge in [0.15, 0.2) is 0 Å². The molecule has 0 radical (unpaired) electrons. The Kier molecular flexibility index (Phi) is 3.80. The third-order valence-electron chi connectivity index (χ3n) is 3.37. The molecule has 0 spiro atoms. The minimum atomic E-state index is -0.280. The monoisotopic (exact) mass is 305 g/mol. The van der Waals surface area contributed by atoms with Gasteiger partial charge in [-0.1, -0.05) is 23.7 Å². The molecular formula is C16H13ClFNO2. The number of rotatable bonds is 3. The van der Waals surface area contributed by atoms with E-state index in [2.05, 4.69) is 5.32 Å². The number of hydrogen-bond donors (Lipinski definition) is 1. The normalized spacial score (nSPS) is 16.2. The summed E-state index contributed by atoms with van der Waals surface area (Å²) in [6.07, 6.45) is 0.392. The lowest BCUT2D eigenvalue weighted by Crippen LogP contribution is -2.34. The summed E-state index contributed by atoms with van der Waals surface area (Å²) in [6, 6.07) is 11.3. The maximum atomic E-state index is 13.1. The van der Waals surface area contributed by atoms with Gasteiger partial charge in [-0.2, -0.15) is 0 Å². The molecular weight excluding hydrogens is 293 g/mol. The van der Waals surface area contributed by atoms with Crippen molar-refractivity contribution in [3.8, 4) is 5.75 Å². The van der Waals surface area contributed by atoms with Crippen molar-refractivity contribution >= 4 is 17.5 Å². The van der Waals surface area contributed by atoms with E-state index < -0.39 is 0 Å². The predicted molar refractivity (Wildman–Crippen MR) is 78.3 cm³/mol. The van der Waals surface area contributed by atoms with Crippen LogP contribution in [0.3, 0.4) is 0 Å². The third-order valence-corrected chi connectivity index (χ3v) is 3.70. The fourth-order valence-corrected chi connectivity index (χ4v) is 2.57. The van der Waals surface area contributed by atoms with E-state index in [1.807, 2.05) is 0 Å². The van der Waals surface area contributed by atoms with Crippen LogP contribution in [0.1, 0.15) is 15.9 Å². The van der Waals surface area contributed by atoms with Crippen LogP contribution in [-0.4, -0.2) is 18.6 Å². The lowest BCUT2D eigenvalue weighted by molar-refractivity contribution is 0.0933. The summed E-state index contributed by atoms with van der Waals surface area (Å²) in [6.45, 7) is 0.348. The summed E-state index contributed by atoms with van der Waals surface area (Å²) in [4.78, 5) is 12.0. The first-order valence-corrected chi connectivity index (χ1v) is 6.99. The number of benzene rings is 2. The van der Waals surface area contributed by atoms with Gasteiger partial charge in [0.05, 0.1) is 17.1 Å². The summed E-state index contributed by atoms with van der Waals surface area (Å²) in [5, 5.41) is 3.20. The van der Waals surface area contributed by atoms with Crippen molar-refractivity contribution in [2.75, 3.05) is 6.54 Å². The molecule has 1 amide bonds. The van der Waals surface area contributed by atoms with E-state index in [4.69, 9.17) is 16.3 Å². The van der Waals surface area contributed by atoms with E-state index in [0.717, 1.165) is 5.56 Å². The molecule has 0 aliphatic carbocycles. The lowest BCUT2D eigenvalue weighted by Gasteiger charge is -2.12. The van der Waals surface area contributed by atoms with Gasteiger partial charge in [-0.15, -0.1) is 0 Å². The second-order valence-electron chi connectivity index (χ2n) is 4.89. The zero-order valence-electron chi connectivity index (χ0n) is 11.1. The van der Waals surface area contributed by atoms with Crippen LogP contribution in [0.4, 0.5) is 4.39 Å². The molecule has 0 fully saturated rings. The number of carbonyl (C=O) groups is 1. The quantitative estimate of drug-likeness (QED) is 0.945. The SMILES string of the molecule is O=C(NC[C@@H]1Cc2cc(F)ccc2O1)c1ccccc1Cl. The molecule has 0 saturated carbocycles. The van der Waals surface area contributed by atoms with Crippen molar-refractivity contribution in [2.45, 2.75) is 12.5 Å². The molecule has 1 aliphatic heterocycles. The zero-order valence-corrected chi connectivity index (χ0v) is 11.9. The average molecular weight is 306 g/mol. The molecule has 3 rings (SSSR count). The second-order valence-corrected chi connectivity index (χ2v) is 5.29. The number of hydrogen-bond acceptors (Lipinski definition) is 2. The van der Waals surface area contributed by atoms with Gasteiger partial charge in [-0.05, 0) is 30.3 Å². The van der Waals surface area contributed by atoms with E-state index in [0.29, 0.717) is 29.3 Å². The van der Waals surface area contributed by atoms with Crippen LogP contribution in [0.15, 0.2) is 42.5 Å². The van der Waals surface area contributed by atoms with E-state index in [9.17, 15) is 9.18 Å². The molecule has 1 atom stereocenters. The lowest BCUT2D eigenvalue weighted by atomic mass is 10.1. The minimum absolute atomic E-state index is 0.187. The largest absolute Gasteiger partial charge is 0.488 e. The fraction of sp³-hybridized carbons (Fsp3) is 0.188. The summed E-state index contributed by atoms with van der Waals surface area (Å²) in [5.74, 6) is 0.151. The Morgan fingerprint density at radius 2 is 2.14 bits per heavy atom. The standard InChI is InChI=1S/C16H13ClFNO2/c17-14-4-2-1-3-13(14)16(20)19-9-12-8-10-7-11(18)5-6-15(10)21-12/h1-7,12H,8-9H2,(H,19,20)/t12-/m0/s1. The molecule has 1 heterocycles. The molecule has 5 heteroatoms. The number of nitrogens with one attached hydrogen (secondary N) is 1. The molecule has 21 heavy (non-hydrogen) atoms. The van der Waals surface area contributed by atoms with Crippen molar-refractivity contribution < 1.29 is 13.9 Å². The Bertz CT molecular complexity index is 690. The fourth-order valence-electron chi connectivity index (χ4n) is 2.35. The summed E-state index contributed by atoms with van der Waals surface area (Å²) in [5.41, 5.74) is 1.26. The first-order chi connectivity index (χ1) is 10.1. The zero-order chi connectivity index (χ0) is 14.8. The molecule has 2 aromatic rings. The number of ether oxygens (including phenoxy) is 1. The van der Waals surface area contributed by atoms with Gasteiger partial charge in [-0.25, -0.2) is 4.39 Å². The number of halogens is 2. The second kappa shape index (κ2) is 5.74. The maximum absolute atomic E-state index is 13.1. The maximum Gasteiger partial charge on any atom is 0.252 e. The van der Waals surface area contributed by atoms with Crippen LogP contribution in [0.25, 0.3) is 0 Å². The Hall–Kier alpha value is -2.07. The van der Waals surface area contributed by atoms with Crippen LogP contribution in [0, 0.1) is 5.82 Å². The highest BCUT2D eigenvalue weighted by Crippen LogP contribution is 2.29. The van der Waals surface area contributed by atoms with Gasteiger partial charge in [0.1, 0.15) is 17.7 Å². The molecule has 0 aromatic heterocycles. The minimum Gasteiger partial charge on any atom is -0.488 e. The molecule has 1 aliphatic rings. The van der Waals surface area contributed by atoms with Crippen molar-refractivity contribution in [3.05, 3.63) is 64.4 Å². The molecule has 0 bridgehead atoms.